The second-order valence-corrected chi connectivity index (χ2v) is 3.18. The minimum atomic E-state index is -0.128. The van der Waals surface area contributed by atoms with Gasteiger partial charge in [0.05, 0.1) is 0 Å². The Hall–Kier alpha value is -1.12. The number of hydrogen-bond donors (Lipinski definition) is 1. The van der Waals surface area contributed by atoms with Crippen molar-refractivity contribution < 1.29 is 9.59 Å². The highest BCUT2D eigenvalue weighted by atomic mass is 16.2. The summed E-state index contributed by atoms with van der Waals surface area (Å²) < 4.78 is 0. The van der Waals surface area contributed by atoms with Crippen molar-refractivity contribution in [1.82, 2.24) is 5.32 Å². The summed E-state index contributed by atoms with van der Waals surface area (Å²) in [5.74, 6) is -0.123. The summed E-state index contributed by atoms with van der Waals surface area (Å²) in [5.41, 5.74) is 0.551. The van der Waals surface area contributed by atoms with E-state index in [-0.39, 0.29) is 17.6 Å². The van der Waals surface area contributed by atoms with E-state index in [1.807, 2.05) is 0 Å². The zero-order chi connectivity index (χ0) is 9.14. The monoisotopic (exact) mass is 167 g/mol. The SMILES string of the molecule is C=C(C)C(=O)C1CCNC(=O)C1. The smallest absolute Gasteiger partial charge is 0.220 e. The van der Waals surface area contributed by atoms with Crippen LogP contribution in [0.15, 0.2) is 12.2 Å². The molecule has 0 aliphatic carbocycles. The van der Waals surface area contributed by atoms with Crippen molar-refractivity contribution in [3.63, 3.8) is 0 Å². The van der Waals surface area contributed by atoms with Gasteiger partial charge in [0, 0.05) is 18.9 Å². The molecule has 1 aliphatic rings. The number of hydrogen-bond acceptors (Lipinski definition) is 2. The van der Waals surface area contributed by atoms with Crippen molar-refractivity contribution in [3.05, 3.63) is 12.2 Å². The highest BCUT2D eigenvalue weighted by molar-refractivity contribution is 5.98. The third kappa shape index (κ3) is 1.94. The van der Waals surface area contributed by atoms with E-state index in [0.29, 0.717) is 18.5 Å². The van der Waals surface area contributed by atoms with Crippen LogP contribution in [0.25, 0.3) is 0 Å². The van der Waals surface area contributed by atoms with Crippen LogP contribution < -0.4 is 5.32 Å². The lowest BCUT2D eigenvalue weighted by Crippen LogP contribution is -2.36. The number of Topliss-reactive ketones (excluding diaryl/α,β-unsaturated/α-hetero) is 1. The number of carbonyl (C=O) groups is 2. The Morgan fingerprint density at radius 3 is 2.83 bits per heavy atom. The van der Waals surface area contributed by atoms with Gasteiger partial charge in [-0.1, -0.05) is 6.58 Å². The Morgan fingerprint density at radius 1 is 1.67 bits per heavy atom. The highest BCUT2D eigenvalue weighted by Crippen LogP contribution is 2.16. The molecule has 1 heterocycles. The van der Waals surface area contributed by atoms with Gasteiger partial charge in [0.15, 0.2) is 5.78 Å². The topological polar surface area (TPSA) is 46.2 Å². The molecule has 12 heavy (non-hydrogen) atoms. The van der Waals surface area contributed by atoms with Crippen molar-refractivity contribution >= 4 is 11.7 Å². The molecule has 1 amide bonds. The highest BCUT2D eigenvalue weighted by Gasteiger charge is 2.25. The fourth-order valence-electron chi connectivity index (χ4n) is 1.36. The second kappa shape index (κ2) is 3.52. The maximum atomic E-state index is 11.4. The lowest BCUT2D eigenvalue weighted by atomic mass is 9.90. The number of ketones is 1. The van der Waals surface area contributed by atoms with E-state index in [4.69, 9.17) is 0 Å². The third-order valence-electron chi connectivity index (χ3n) is 2.04. The van der Waals surface area contributed by atoms with Gasteiger partial charge in [-0.05, 0) is 18.9 Å². The van der Waals surface area contributed by atoms with Gasteiger partial charge >= 0.3 is 0 Å². The first-order valence-corrected chi connectivity index (χ1v) is 4.07. The predicted molar refractivity (Wildman–Crippen MR) is 45.6 cm³/mol. The molecule has 1 N–H and O–H groups in total. The van der Waals surface area contributed by atoms with Crippen LogP contribution in [0, 0.1) is 5.92 Å². The van der Waals surface area contributed by atoms with E-state index in [9.17, 15) is 9.59 Å². The van der Waals surface area contributed by atoms with Crippen LogP contribution in [0.1, 0.15) is 19.8 Å². The molecule has 1 rings (SSSR count). The van der Waals surface area contributed by atoms with Crippen molar-refractivity contribution in [1.29, 1.82) is 0 Å². The minimum Gasteiger partial charge on any atom is -0.356 e. The van der Waals surface area contributed by atoms with Crippen LogP contribution in [0.5, 0.6) is 0 Å². The molecule has 0 aromatic heterocycles. The number of nitrogens with one attached hydrogen (secondary N) is 1. The minimum absolute atomic E-state index is 0.0270. The van der Waals surface area contributed by atoms with E-state index in [2.05, 4.69) is 11.9 Å². The first-order chi connectivity index (χ1) is 5.61. The standard InChI is InChI=1S/C9H13NO2/c1-6(2)9(12)7-3-4-10-8(11)5-7/h7H,1,3-5H2,2H3,(H,10,11). The van der Waals surface area contributed by atoms with E-state index in [1.165, 1.54) is 0 Å². The first-order valence-electron chi connectivity index (χ1n) is 4.07. The molecule has 1 aliphatic heterocycles. The maximum absolute atomic E-state index is 11.4. The van der Waals surface area contributed by atoms with Crippen molar-refractivity contribution in [3.8, 4) is 0 Å². The van der Waals surface area contributed by atoms with Crippen LogP contribution in [0.4, 0.5) is 0 Å². The van der Waals surface area contributed by atoms with E-state index in [0.717, 1.165) is 6.42 Å². The molecule has 1 atom stereocenters. The average molecular weight is 167 g/mol. The van der Waals surface area contributed by atoms with Gasteiger partial charge in [-0.3, -0.25) is 9.59 Å². The summed E-state index contributed by atoms with van der Waals surface area (Å²) >= 11 is 0. The van der Waals surface area contributed by atoms with Crippen LogP contribution in [-0.2, 0) is 9.59 Å². The lowest BCUT2D eigenvalue weighted by Gasteiger charge is -2.20. The summed E-state index contributed by atoms with van der Waals surface area (Å²) in [7, 11) is 0. The van der Waals surface area contributed by atoms with E-state index in [1.54, 1.807) is 6.92 Å². The first kappa shape index (κ1) is 8.97. The number of piperidine rings is 1. The summed E-state index contributed by atoms with van der Waals surface area (Å²) in [4.78, 5) is 22.3. The van der Waals surface area contributed by atoms with Crippen LogP contribution >= 0.6 is 0 Å². The molecule has 1 unspecified atom stereocenters. The van der Waals surface area contributed by atoms with Gasteiger partial charge in [-0.2, -0.15) is 0 Å². The van der Waals surface area contributed by atoms with Gasteiger partial charge < -0.3 is 5.32 Å². The second-order valence-electron chi connectivity index (χ2n) is 3.18. The fourth-order valence-corrected chi connectivity index (χ4v) is 1.36. The Bertz CT molecular complexity index is 233. The predicted octanol–water partition coefficient (Wildman–Crippen LogP) is 0.658. The number of allylic oxidation sites excluding steroid dienone is 1. The van der Waals surface area contributed by atoms with Crippen molar-refractivity contribution in [2.24, 2.45) is 5.92 Å². The molecular formula is C9H13NO2. The van der Waals surface area contributed by atoms with Gasteiger partial charge in [0.25, 0.3) is 0 Å². The van der Waals surface area contributed by atoms with Gasteiger partial charge in [0.2, 0.25) is 5.91 Å². The van der Waals surface area contributed by atoms with Crippen LogP contribution in [0.2, 0.25) is 0 Å². The van der Waals surface area contributed by atoms with Crippen LogP contribution in [0.3, 0.4) is 0 Å². The zero-order valence-corrected chi connectivity index (χ0v) is 7.22. The molecule has 0 aromatic rings. The van der Waals surface area contributed by atoms with Crippen molar-refractivity contribution in [2.75, 3.05) is 6.54 Å². The van der Waals surface area contributed by atoms with E-state index >= 15 is 0 Å². The molecule has 0 saturated carbocycles. The Labute approximate surface area is 71.8 Å². The van der Waals surface area contributed by atoms with Gasteiger partial charge in [-0.25, -0.2) is 0 Å². The molecule has 66 valence electrons. The van der Waals surface area contributed by atoms with Crippen molar-refractivity contribution in [2.45, 2.75) is 19.8 Å². The summed E-state index contributed by atoms with van der Waals surface area (Å²) in [6.45, 7) is 5.88. The van der Waals surface area contributed by atoms with E-state index < -0.39 is 0 Å². The molecular weight excluding hydrogens is 154 g/mol. The van der Waals surface area contributed by atoms with Crippen LogP contribution in [-0.4, -0.2) is 18.2 Å². The quantitative estimate of drug-likeness (QED) is 0.614. The zero-order valence-electron chi connectivity index (χ0n) is 7.22. The maximum Gasteiger partial charge on any atom is 0.220 e. The Kier molecular flexibility index (Phi) is 2.63. The Balaban J connectivity index is 2.57. The number of amides is 1. The third-order valence-corrected chi connectivity index (χ3v) is 2.04. The van der Waals surface area contributed by atoms with Gasteiger partial charge in [0.1, 0.15) is 0 Å². The number of rotatable bonds is 2. The lowest BCUT2D eigenvalue weighted by molar-refractivity contribution is -0.129. The Morgan fingerprint density at radius 2 is 2.33 bits per heavy atom. The summed E-state index contributed by atoms with van der Waals surface area (Å²) in [6.07, 6.45) is 1.07. The average Bonchev–Trinajstić information content (AvgIpc) is 2.03. The summed E-state index contributed by atoms with van der Waals surface area (Å²) in [5, 5.41) is 2.68. The van der Waals surface area contributed by atoms with Gasteiger partial charge in [-0.15, -0.1) is 0 Å². The molecule has 0 aromatic carbocycles. The molecule has 0 bridgehead atoms. The molecule has 0 radical (unpaired) electrons. The summed E-state index contributed by atoms with van der Waals surface area (Å²) in [6, 6.07) is 0. The largest absolute Gasteiger partial charge is 0.356 e. The molecule has 1 saturated heterocycles. The molecule has 3 heteroatoms. The normalized spacial score (nSPS) is 23.1. The molecule has 3 nitrogen and oxygen atoms in total. The molecule has 0 spiro atoms. The fraction of sp³-hybridized carbons (Fsp3) is 0.556. The number of carbonyl (C=O) groups excluding carboxylic acids is 2. The molecule has 1 fully saturated rings.